The van der Waals surface area contributed by atoms with Crippen LogP contribution in [0.5, 0.6) is 0 Å². The molecule has 0 amide bonds. The summed E-state index contributed by atoms with van der Waals surface area (Å²) in [5.74, 6) is -0.213. The van der Waals surface area contributed by atoms with Gasteiger partial charge in [0.1, 0.15) is 5.82 Å². The van der Waals surface area contributed by atoms with Gasteiger partial charge < -0.3 is 0 Å². The molecule has 1 rings (SSSR count). The summed E-state index contributed by atoms with van der Waals surface area (Å²) in [6.45, 7) is 1.78. The number of aryl methyl sites for hydroxylation is 1. The maximum Gasteiger partial charge on any atom is 0.129 e. The second kappa shape index (κ2) is 3.42. The van der Waals surface area contributed by atoms with Crippen molar-refractivity contribution in [3.63, 3.8) is 0 Å². The van der Waals surface area contributed by atoms with Gasteiger partial charge in [0.05, 0.1) is 5.88 Å². The lowest BCUT2D eigenvalue weighted by Gasteiger charge is -2.02. The van der Waals surface area contributed by atoms with Crippen molar-refractivity contribution >= 4 is 23.2 Å². The third kappa shape index (κ3) is 1.85. The molecule has 0 unspecified atom stereocenters. The quantitative estimate of drug-likeness (QED) is 0.598. The summed E-state index contributed by atoms with van der Waals surface area (Å²) in [6, 6.07) is 3.12. The number of hydrogen-bond acceptors (Lipinski definition) is 0. The number of hydrogen-bond donors (Lipinski definition) is 0. The second-order valence-electron chi connectivity index (χ2n) is 2.34. The minimum Gasteiger partial charge on any atom is -0.207 e. The van der Waals surface area contributed by atoms with Crippen molar-refractivity contribution in [3.05, 3.63) is 34.1 Å². The van der Waals surface area contributed by atoms with E-state index in [0.717, 1.165) is 5.56 Å². The molecule has 0 heterocycles. The van der Waals surface area contributed by atoms with Crippen molar-refractivity contribution in [1.82, 2.24) is 0 Å². The van der Waals surface area contributed by atoms with E-state index in [9.17, 15) is 4.39 Å². The largest absolute Gasteiger partial charge is 0.207 e. The Labute approximate surface area is 74.9 Å². The van der Waals surface area contributed by atoms with Crippen molar-refractivity contribution in [2.24, 2.45) is 0 Å². The van der Waals surface area contributed by atoms with Gasteiger partial charge in [-0.1, -0.05) is 11.6 Å². The van der Waals surface area contributed by atoms with Gasteiger partial charge in [-0.15, -0.1) is 11.6 Å². The van der Waals surface area contributed by atoms with Crippen molar-refractivity contribution < 1.29 is 4.39 Å². The highest BCUT2D eigenvalue weighted by atomic mass is 35.5. The first-order chi connectivity index (χ1) is 5.15. The van der Waals surface area contributed by atoms with E-state index in [1.807, 2.05) is 0 Å². The second-order valence-corrected chi connectivity index (χ2v) is 3.02. The highest BCUT2D eigenvalue weighted by Gasteiger charge is 2.05. The molecule has 0 aliphatic heterocycles. The molecule has 0 saturated carbocycles. The van der Waals surface area contributed by atoms with Crippen LogP contribution >= 0.6 is 23.2 Å². The van der Waals surface area contributed by atoms with Crippen molar-refractivity contribution in [1.29, 1.82) is 0 Å². The van der Waals surface area contributed by atoms with Crippen LogP contribution in [0.3, 0.4) is 0 Å². The van der Waals surface area contributed by atoms with E-state index in [1.54, 1.807) is 13.0 Å². The molecular formula is C8H7Cl2F. The predicted molar refractivity (Wildman–Crippen MR) is 45.7 cm³/mol. The average Bonchev–Trinajstić information content (AvgIpc) is 1.85. The molecule has 0 saturated heterocycles. The highest BCUT2D eigenvalue weighted by molar-refractivity contribution is 6.32. The van der Waals surface area contributed by atoms with E-state index in [4.69, 9.17) is 23.2 Å². The van der Waals surface area contributed by atoms with Crippen LogP contribution in [0, 0.1) is 12.7 Å². The number of alkyl halides is 1. The summed E-state index contributed by atoms with van der Waals surface area (Å²) in [7, 11) is 0. The normalized spacial score (nSPS) is 10.2. The summed E-state index contributed by atoms with van der Waals surface area (Å²) in [4.78, 5) is 0. The van der Waals surface area contributed by atoms with Crippen LogP contribution < -0.4 is 0 Å². The molecule has 0 aromatic heterocycles. The molecule has 0 nitrogen and oxygen atoms in total. The molecule has 11 heavy (non-hydrogen) atoms. The Morgan fingerprint density at radius 1 is 1.45 bits per heavy atom. The van der Waals surface area contributed by atoms with E-state index < -0.39 is 0 Å². The zero-order chi connectivity index (χ0) is 8.43. The molecule has 0 aliphatic rings. The fourth-order valence-corrected chi connectivity index (χ4v) is 1.53. The zero-order valence-corrected chi connectivity index (χ0v) is 7.51. The van der Waals surface area contributed by atoms with Gasteiger partial charge in [0.15, 0.2) is 0 Å². The maximum absolute atomic E-state index is 12.9. The number of benzene rings is 1. The minimum absolute atomic E-state index is 0.116. The smallest absolute Gasteiger partial charge is 0.129 e. The van der Waals surface area contributed by atoms with Crippen molar-refractivity contribution in [3.8, 4) is 0 Å². The Kier molecular flexibility index (Phi) is 2.74. The van der Waals surface area contributed by atoms with Gasteiger partial charge in [-0.2, -0.15) is 0 Å². The fourth-order valence-electron chi connectivity index (χ4n) is 0.857. The van der Waals surface area contributed by atoms with E-state index in [2.05, 4.69) is 0 Å². The molecule has 0 bridgehead atoms. The Morgan fingerprint density at radius 2 is 2.09 bits per heavy atom. The third-order valence-electron chi connectivity index (χ3n) is 1.42. The molecule has 0 atom stereocenters. The monoisotopic (exact) mass is 192 g/mol. The molecule has 0 aliphatic carbocycles. The van der Waals surface area contributed by atoms with Crippen molar-refractivity contribution in [2.75, 3.05) is 0 Å². The molecule has 0 N–H and O–H groups in total. The molecule has 1 aromatic carbocycles. The van der Waals surface area contributed by atoms with Crippen LogP contribution in [-0.4, -0.2) is 0 Å². The van der Waals surface area contributed by atoms with Crippen LogP contribution in [0.2, 0.25) is 5.02 Å². The summed E-state index contributed by atoms with van der Waals surface area (Å²) in [5, 5.41) is 0.400. The van der Waals surface area contributed by atoms with Crippen LogP contribution in [0.4, 0.5) is 4.39 Å². The van der Waals surface area contributed by atoms with Crippen LogP contribution in [-0.2, 0) is 5.88 Å². The van der Waals surface area contributed by atoms with E-state index in [1.165, 1.54) is 6.07 Å². The SMILES string of the molecule is Cc1cc(F)c(CCl)c(Cl)c1. The lowest BCUT2D eigenvalue weighted by atomic mass is 10.1. The summed E-state index contributed by atoms with van der Waals surface area (Å²) in [5.41, 5.74) is 1.18. The van der Waals surface area contributed by atoms with Gasteiger partial charge in [-0.3, -0.25) is 0 Å². The van der Waals surface area contributed by atoms with E-state index in [0.29, 0.717) is 10.6 Å². The number of halogens is 3. The average molecular weight is 193 g/mol. The Hall–Kier alpha value is -0.270. The molecule has 0 spiro atoms. The molecule has 0 radical (unpaired) electrons. The first-order valence-electron chi connectivity index (χ1n) is 3.15. The Morgan fingerprint density at radius 3 is 2.55 bits per heavy atom. The molecule has 1 aromatic rings. The van der Waals surface area contributed by atoms with Gasteiger partial charge in [0.2, 0.25) is 0 Å². The minimum atomic E-state index is -0.329. The Balaban J connectivity index is 3.25. The van der Waals surface area contributed by atoms with E-state index >= 15 is 0 Å². The zero-order valence-electron chi connectivity index (χ0n) is 6.00. The van der Waals surface area contributed by atoms with Crippen LogP contribution in [0.15, 0.2) is 12.1 Å². The van der Waals surface area contributed by atoms with Gasteiger partial charge in [0, 0.05) is 10.6 Å². The molecule has 0 fully saturated rings. The number of rotatable bonds is 1. The maximum atomic E-state index is 12.9. The summed E-state index contributed by atoms with van der Waals surface area (Å²) in [6.07, 6.45) is 0. The fraction of sp³-hybridized carbons (Fsp3) is 0.250. The van der Waals surface area contributed by atoms with Crippen LogP contribution in [0.1, 0.15) is 11.1 Å². The summed E-state index contributed by atoms with van der Waals surface area (Å²) >= 11 is 11.2. The molecular weight excluding hydrogens is 186 g/mol. The predicted octanol–water partition coefficient (Wildman–Crippen LogP) is 3.53. The standard InChI is InChI=1S/C8H7Cl2F/c1-5-2-7(10)6(4-9)8(11)3-5/h2-3H,4H2,1H3. The molecule has 3 heteroatoms. The third-order valence-corrected chi connectivity index (χ3v) is 2.02. The van der Waals surface area contributed by atoms with Gasteiger partial charge in [-0.05, 0) is 24.6 Å². The summed E-state index contributed by atoms with van der Waals surface area (Å²) < 4.78 is 12.9. The lowest BCUT2D eigenvalue weighted by molar-refractivity contribution is 0.616. The van der Waals surface area contributed by atoms with Crippen molar-refractivity contribution in [2.45, 2.75) is 12.8 Å². The van der Waals surface area contributed by atoms with E-state index in [-0.39, 0.29) is 11.7 Å². The highest BCUT2D eigenvalue weighted by Crippen LogP contribution is 2.22. The van der Waals surface area contributed by atoms with Gasteiger partial charge >= 0.3 is 0 Å². The van der Waals surface area contributed by atoms with Gasteiger partial charge in [0.25, 0.3) is 0 Å². The Bertz CT molecular complexity index is 248. The molecule has 60 valence electrons. The van der Waals surface area contributed by atoms with Gasteiger partial charge in [-0.25, -0.2) is 4.39 Å². The van der Waals surface area contributed by atoms with Crippen LogP contribution in [0.25, 0.3) is 0 Å². The topological polar surface area (TPSA) is 0 Å². The lowest BCUT2D eigenvalue weighted by Crippen LogP contribution is -1.88. The first kappa shape index (κ1) is 8.82. The first-order valence-corrected chi connectivity index (χ1v) is 4.07.